The number of hydrogen-bond acceptors (Lipinski definition) is 4. The molecule has 0 bridgehead atoms. The molecule has 0 rings (SSSR count). The molecular formula is C30H64NO4P. The number of quaternary nitrogens is 1. The second-order valence-corrected chi connectivity index (χ2v) is 13.0. The van der Waals surface area contributed by atoms with Crippen molar-refractivity contribution in [3.05, 3.63) is 0 Å². The first-order valence-electron chi connectivity index (χ1n) is 15.7. The van der Waals surface area contributed by atoms with Gasteiger partial charge in [-0.05, 0) is 19.3 Å². The summed E-state index contributed by atoms with van der Waals surface area (Å²) in [6, 6.07) is 0. The fourth-order valence-corrected chi connectivity index (χ4v) is 5.43. The zero-order valence-electron chi connectivity index (χ0n) is 24.9. The highest BCUT2D eigenvalue weighted by Crippen LogP contribution is 2.38. The van der Waals surface area contributed by atoms with Crippen LogP contribution in [0.25, 0.3) is 0 Å². The molecule has 0 spiro atoms. The SMILES string of the molecule is CCCCCCCCCCCCCC[N+](C)(C)CCOP(=O)([O-])OCCCCCCCCCCCC. The number of likely N-dealkylation sites (N-methyl/N-ethyl adjacent to an activating group) is 1. The number of unbranched alkanes of at least 4 members (excludes halogenated alkanes) is 20. The Morgan fingerprint density at radius 2 is 0.833 bits per heavy atom. The number of phosphoric acid groups is 1. The van der Waals surface area contributed by atoms with Crippen molar-refractivity contribution in [3.63, 3.8) is 0 Å². The van der Waals surface area contributed by atoms with E-state index >= 15 is 0 Å². The van der Waals surface area contributed by atoms with Crippen molar-refractivity contribution in [3.8, 4) is 0 Å². The Kier molecular flexibility index (Phi) is 25.4. The fraction of sp³-hybridized carbons (Fsp3) is 1.00. The summed E-state index contributed by atoms with van der Waals surface area (Å²) in [5.41, 5.74) is 0. The third-order valence-electron chi connectivity index (χ3n) is 7.31. The highest BCUT2D eigenvalue weighted by Gasteiger charge is 2.17. The Morgan fingerprint density at radius 1 is 0.500 bits per heavy atom. The van der Waals surface area contributed by atoms with E-state index in [0.29, 0.717) is 6.54 Å². The van der Waals surface area contributed by atoms with E-state index in [-0.39, 0.29) is 13.2 Å². The molecule has 0 aliphatic heterocycles. The van der Waals surface area contributed by atoms with Crippen LogP contribution in [0.3, 0.4) is 0 Å². The van der Waals surface area contributed by atoms with E-state index in [1.165, 1.54) is 122 Å². The van der Waals surface area contributed by atoms with Crippen molar-refractivity contribution in [1.29, 1.82) is 0 Å². The monoisotopic (exact) mass is 533 g/mol. The van der Waals surface area contributed by atoms with Gasteiger partial charge < -0.3 is 18.4 Å². The molecule has 0 N–H and O–H groups in total. The Labute approximate surface area is 226 Å². The van der Waals surface area contributed by atoms with Gasteiger partial charge in [0.2, 0.25) is 0 Å². The molecule has 0 saturated carbocycles. The molecule has 1 unspecified atom stereocenters. The molecule has 0 fully saturated rings. The van der Waals surface area contributed by atoms with Crippen LogP contribution in [0.15, 0.2) is 0 Å². The van der Waals surface area contributed by atoms with Crippen LogP contribution in [0, 0.1) is 0 Å². The number of phosphoric ester groups is 1. The topological polar surface area (TPSA) is 58.6 Å². The molecule has 0 heterocycles. The second-order valence-electron chi connectivity index (χ2n) is 11.6. The molecule has 0 aromatic carbocycles. The highest BCUT2D eigenvalue weighted by molar-refractivity contribution is 7.45. The van der Waals surface area contributed by atoms with E-state index in [2.05, 4.69) is 27.9 Å². The van der Waals surface area contributed by atoms with Gasteiger partial charge in [0.05, 0.1) is 27.2 Å². The van der Waals surface area contributed by atoms with E-state index in [4.69, 9.17) is 9.05 Å². The first kappa shape index (κ1) is 36.1. The molecule has 0 aliphatic carbocycles. The van der Waals surface area contributed by atoms with Crippen LogP contribution in [0.2, 0.25) is 0 Å². The molecule has 36 heavy (non-hydrogen) atoms. The Balaban J connectivity index is 3.57. The van der Waals surface area contributed by atoms with Gasteiger partial charge in [0.1, 0.15) is 13.2 Å². The van der Waals surface area contributed by atoms with E-state index in [0.717, 1.165) is 30.3 Å². The van der Waals surface area contributed by atoms with Crippen molar-refractivity contribution in [2.45, 2.75) is 155 Å². The molecule has 0 aliphatic rings. The quantitative estimate of drug-likeness (QED) is 0.0546. The normalized spacial score (nSPS) is 13.8. The van der Waals surface area contributed by atoms with Crippen LogP contribution in [0.1, 0.15) is 155 Å². The predicted molar refractivity (Wildman–Crippen MR) is 154 cm³/mol. The van der Waals surface area contributed by atoms with Gasteiger partial charge in [-0.15, -0.1) is 0 Å². The van der Waals surface area contributed by atoms with E-state index in [1.807, 2.05) is 0 Å². The van der Waals surface area contributed by atoms with Gasteiger partial charge in [-0.3, -0.25) is 4.57 Å². The van der Waals surface area contributed by atoms with Gasteiger partial charge in [0.15, 0.2) is 0 Å². The van der Waals surface area contributed by atoms with E-state index in [1.54, 1.807) is 0 Å². The highest BCUT2D eigenvalue weighted by atomic mass is 31.2. The van der Waals surface area contributed by atoms with Gasteiger partial charge in [-0.25, -0.2) is 0 Å². The maximum atomic E-state index is 12.0. The van der Waals surface area contributed by atoms with E-state index < -0.39 is 7.82 Å². The minimum atomic E-state index is -4.17. The fourth-order valence-electron chi connectivity index (χ4n) is 4.70. The maximum Gasteiger partial charge on any atom is 0.268 e. The molecule has 5 nitrogen and oxygen atoms in total. The predicted octanol–water partition coefficient (Wildman–Crippen LogP) is 9.19. The lowest BCUT2D eigenvalue weighted by Crippen LogP contribution is -2.43. The van der Waals surface area contributed by atoms with Crippen molar-refractivity contribution in [1.82, 2.24) is 0 Å². The lowest BCUT2D eigenvalue weighted by Gasteiger charge is -2.31. The minimum absolute atomic E-state index is 0.198. The number of nitrogens with zero attached hydrogens (tertiary/aromatic N) is 1. The van der Waals surface area contributed by atoms with Crippen molar-refractivity contribution in [2.24, 2.45) is 0 Å². The van der Waals surface area contributed by atoms with Crippen LogP contribution in [0.4, 0.5) is 0 Å². The summed E-state index contributed by atoms with van der Waals surface area (Å²) < 4.78 is 23.0. The van der Waals surface area contributed by atoms with Crippen LogP contribution in [0.5, 0.6) is 0 Å². The molecule has 0 amide bonds. The molecule has 0 saturated heterocycles. The summed E-state index contributed by atoms with van der Waals surface area (Å²) in [7, 11) is 0.136. The molecule has 218 valence electrons. The lowest BCUT2D eigenvalue weighted by atomic mass is 10.1. The Morgan fingerprint density at radius 3 is 1.25 bits per heavy atom. The summed E-state index contributed by atoms with van der Waals surface area (Å²) in [4.78, 5) is 12.0. The smallest absolute Gasteiger partial charge is 0.268 e. The summed E-state index contributed by atoms with van der Waals surface area (Å²) in [5.74, 6) is 0. The van der Waals surface area contributed by atoms with Crippen LogP contribution in [-0.4, -0.2) is 44.9 Å². The molecular weight excluding hydrogens is 469 g/mol. The summed E-state index contributed by atoms with van der Waals surface area (Å²) in [6.45, 7) is 6.71. The summed E-state index contributed by atoms with van der Waals surface area (Å²) in [6.07, 6.45) is 28.4. The molecule has 0 aromatic rings. The third kappa shape index (κ3) is 27.1. The van der Waals surface area contributed by atoms with Gasteiger partial charge in [0.25, 0.3) is 7.82 Å². The first-order valence-corrected chi connectivity index (χ1v) is 17.2. The average Bonchev–Trinajstić information content (AvgIpc) is 2.83. The Hall–Kier alpha value is 0.0700. The molecule has 6 heteroatoms. The summed E-state index contributed by atoms with van der Waals surface area (Å²) >= 11 is 0. The average molecular weight is 534 g/mol. The first-order chi connectivity index (χ1) is 17.3. The van der Waals surface area contributed by atoms with Crippen molar-refractivity contribution in [2.75, 3.05) is 40.4 Å². The maximum absolute atomic E-state index is 12.0. The van der Waals surface area contributed by atoms with Gasteiger partial charge in [-0.1, -0.05) is 136 Å². The lowest BCUT2D eigenvalue weighted by molar-refractivity contribution is -0.890. The third-order valence-corrected chi connectivity index (χ3v) is 8.31. The molecule has 1 atom stereocenters. The van der Waals surface area contributed by atoms with Gasteiger partial charge >= 0.3 is 0 Å². The van der Waals surface area contributed by atoms with Crippen LogP contribution in [-0.2, 0) is 13.6 Å². The molecule has 0 aromatic heterocycles. The Bertz CT molecular complexity index is 501. The second kappa shape index (κ2) is 25.4. The molecule has 0 radical (unpaired) electrons. The number of hydrogen-bond donors (Lipinski definition) is 0. The summed E-state index contributed by atoms with van der Waals surface area (Å²) in [5, 5.41) is 0. The largest absolute Gasteiger partial charge is 0.756 e. The van der Waals surface area contributed by atoms with Gasteiger partial charge in [-0.2, -0.15) is 0 Å². The zero-order valence-corrected chi connectivity index (χ0v) is 25.8. The minimum Gasteiger partial charge on any atom is -0.756 e. The van der Waals surface area contributed by atoms with Gasteiger partial charge in [0, 0.05) is 0 Å². The van der Waals surface area contributed by atoms with Crippen LogP contribution >= 0.6 is 7.82 Å². The van der Waals surface area contributed by atoms with Crippen LogP contribution < -0.4 is 4.89 Å². The number of rotatable bonds is 29. The van der Waals surface area contributed by atoms with Crippen molar-refractivity contribution < 1.29 is 23.0 Å². The standard InChI is InChI=1S/C30H64NO4P/c1-5-7-9-11-13-15-17-18-19-21-23-25-27-31(3,4)28-30-35-36(32,33)34-29-26-24-22-20-16-14-12-10-8-6-2/h5-30H2,1-4H3. The van der Waals surface area contributed by atoms with Crippen molar-refractivity contribution >= 4 is 7.82 Å². The zero-order chi connectivity index (χ0) is 26.8. The van der Waals surface area contributed by atoms with E-state index in [9.17, 15) is 9.46 Å².